The molecular weight excluding hydrogens is 348 g/mol. The molecule has 0 fully saturated rings. The number of benzene rings is 1. The van der Waals surface area contributed by atoms with Crippen LogP contribution in [0.25, 0.3) is 0 Å². The van der Waals surface area contributed by atoms with Crippen LogP contribution in [0.3, 0.4) is 0 Å². The highest BCUT2D eigenvalue weighted by atomic mass is 16.5. The van der Waals surface area contributed by atoms with Gasteiger partial charge in [0.15, 0.2) is 0 Å². The molecule has 1 unspecified atom stereocenters. The fourth-order valence-corrected chi connectivity index (χ4v) is 2.95. The minimum Gasteiger partial charge on any atom is -0.495 e. The zero-order valence-electron chi connectivity index (χ0n) is 14.8. The van der Waals surface area contributed by atoms with Crippen molar-refractivity contribution in [2.24, 2.45) is 0 Å². The molecule has 3 N–H and O–H groups in total. The predicted octanol–water partition coefficient (Wildman–Crippen LogP) is 1.06. The van der Waals surface area contributed by atoms with Gasteiger partial charge in [-0.3, -0.25) is 19.4 Å². The number of para-hydroxylation sites is 1. The largest absolute Gasteiger partial charge is 0.495 e. The topological polar surface area (TPSA) is 109 Å². The third-order valence-corrected chi connectivity index (χ3v) is 4.26. The van der Waals surface area contributed by atoms with Crippen molar-refractivity contribution in [2.75, 3.05) is 25.5 Å². The molecule has 0 saturated carbocycles. The van der Waals surface area contributed by atoms with Crippen molar-refractivity contribution in [1.29, 1.82) is 0 Å². The van der Waals surface area contributed by atoms with E-state index >= 15 is 0 Å². The highest BCUT2D eigenvalue weighted by Gasteiger charge is 2.32. The van der Waals surface area contributed by atoms with Crippen LogP contribution in [-0.2, 0) is 9.59 Å². The van der Waals surface area contributed by atoms with Crippen LogP contribution in [0, 0.1) is 0 Å². The second-order valence-electron chi connectivity index (χ2n) is 6.02. The van der Waals surface area contributed by atoms with E-state index in [2.05, 4.69) is 20.9 Å². The van der Waals surface area contributed by atoms with Gasteiger partial charge in [0.25, 0.3) is 5.91 Å². The number of hydrogen-bond donors (Lipinski definition) is 3. The van der Waals surface area contributed by atoms with Crippen molar-refractivity contribution in [2.45, 2.75) is 12.3 Å². The highest BCUT2D eigenvalue weighted by Crippen LogP contribution is 2.38. The Morgan fingerprint density at radius 1 is 1.22 bits per heavy atom. The van der Waals surface area contributed by atoms with Gasteiger partial charge in [-0.05, 0) is 23.8 Å². The number of carbonyl (C=O) groups excluding carboxylic acids is 3. The lowest BCUT2D eigenvalue weighted by Gasteiger charge is -2.26. The summed E-state index contributed by atoms with van der Waals surface area (Å²) in [6.45, 7) is 0.519. The van der Waals surface area contributed by atoms with E-state index in [1.807, 2.05) is 0 Å². The number of fused-ring (bicyclic) bond motifs is 1. The zero-order valence-corrected chi connectivity index (χ0v) is 14.8. The quantitative estimate of drug-likeness (QED) is 0.661. The molecular formula is C19H20N4O4. The van der Waals surface area contributed by atoms with E-state index < -0.39 is 5.92 Å². The number of pyridine rings is 1. The van der Waals surface area contributed by atoms with Crippen LogP contribution in [-0.4, -0.2) is 42.9 Å². The van der Waals surface area contributed by atoms with Crippen LogP contribution in [0.2, 0.25) is 0 Å². The number of ether oxygens (including phenoxy) is 1. The van der Waals surface area contributed by atoms with Crippen LogP contribution in [0.15, 0.2) is 42.7 Å². The summed E-state index contributed by atoms with van der Waals surface area (Å²) in [7, 11) is 1.51. The normalized spacial score (nSPS) is 15.3. The average Bonchev–Trinajstić information content (AvgIpc) is 2.70. The molecule has 1 aliphatic heterocycles. The smallest absolute Gasteiger partial charge is 0.252 e. The van der Waals surface area contributed by atoms with Crippen molar-refractivity contribution in [1.82, 2.24) is 15.6 Å². The minimum atomic E-state index is -0.599. The molecule has 1 aromatic carbocycles. The van der Waals surface area contributed by atoms with Crippen molar-refractivity contribution >= 4 is 23.4 Å². The number of nitrogens with one attached hydrogen (secondary N) is 3. The van der Waals surface area contributed by atoms with Gasteiger partial charge in [0.2, 0.25) is 11.8 Å². The Morgan fingerprint density at radius 2 is 2.04 bits per heavy atom. The predicted molar refractivity (Wildman–Crippen MR) is 98.6 cm³/mol. The van der Waals surface area contributed by atoms with E-state index in [-0.39, 0.29) is 37.2 Å². The van der Waals surface area contributed by atoms with Gasteiger partial charge >= 0.3 is 0 Å². The highest BCUT2D eigenvalue weighted by molar-refractivity contribution is 6.02. The Kier molecular flexibility index (Phi) is 5.65. The molecule has 2 heterocycles. The maximum absolute atomic E-state index is 12.6. The number of carbonyl (C=O) groups is 3. The van der Waals surface area contributed by atoms with E-state index in [9.17, 15) is 14.4 Å². The lowest BCUT2D eigenvalue weighted by molar-refractivity contribution is -0.126. The summed E-state index contributed by atoms with van der Waals surface area (Å²) in [5.41, 5.74) is 1.70. The number of anilines is 1. The molecule has 8 heteroatoms. The first-order valence-corrected chi connectivity index (χ1v) is 8.53. The number of hydrogen-bond acceptors (Lipinski definition) is 5. The van der Waals surface area contributed by atoms with Crippen molar-refractivity contribution < 1.29 is 19.1 Å². The number of amides is 3. The van der Waals surface area contributed by atoms with E-state index in [4.69, 9.17) is 4.74 Å². The summed E-state index contributed by atoms with van der Waals surface area (Å²) in [4.78, 5) is 40.4. The first-order chi connectivity index (χ1) is 13.1. The Bertz CT molecular complexity index is 854. The number of methoxy groups -OCH3 is 1. The molecule has 2 aromatic rings. The van der Waals surface area contributed by atoms with Gasteiger partial charge in [0, 0.05) is 31.9 Å². The fraction of sp³-hybridized carbons (Fsp3) is 0.263. The van der Waals surface area contributed by atoms with Gasteiger partial charge in [0.05, 0.1) is 24.3 Å². The third kappa shape index (κ3) is 4.22. The molecule has 0 radical (unpaired) electrons. The molecule has 3 rings (SSSR count). The summed E-state index contributed by atoms with van der Waals surface area (Å²) in [5.74, 6) is -0.851. The zero-order chi connectivity index (χ0) is 19.2. The van der Waals surface area contributed by atoms with Gasteiger partial charge in [-0.15, -0.1) is 0 Å². The second kappa shape index (κ2) is 8.31. The molecule has 140 valence electrons. The molecule has 1 atom stereocenters. The lowest BCUT2D eigenvalue weighted by Crippen LogP contribution is -2.39. The molecule has 0 spiro atoms. The summed E-state index contributed by atoms with van der Waals surface area (Å²) in [5, 5.41) is 8.24. The molecule has 27 heavy (non-hydrogen) atoms. The van der Waals surface area contributed by atoms with Gasteiger partial charge < -0.3 is 20.7 Å². The first kappa shape index (κ1) is 18.4. The fourth-order valence-electron chi connectivity index (χ4n) is 2.95. The summed E-state index contributed by atoms with van der Waals surface area (Å²) in [6, 6.07) is 8.64. The van der Waals surface area contributed by atoms with Crippen molar-refractivity contribution in [3.05, 3.63) is 53.9 Å². The molecule has 1 aromatic heterocycles. The Hall–Kier alpha value is -3.42. The summed E-state index contributed by atoms with van der Waals surface area (Å²) in [6.07, 6.45) is 3.12. The number of nitrogens with zero attached hydrogens (tertiary/aromatic N) is 1. The van der Waals surface area contributed by atoms with Crippen molar-refractivity contribution in [3.8, 4) is 5.75 Å². The van der Waals surface area contributed by atoms with Crippen molar-refractivity contribution in [3.63, 3.8) is 0 Å². The van der Waals surface area contributed by atoms with Gasteiger partial charge in [-0.2, -0.15) is 0 Å². The van der Waals surface area contributed by atoms with E-state index in [1.54, 1.807) is 36.5 Å². The van der Waals surface area contributed by atoms with E-state index in [1.165, 1.54) is 13.3 Å². The summed E-state index contributed by atoms with van der Waals surface area (Å²) >= 11 is 0. The van der Waals surface area contributed by atoms with Crippen LogP contribution in [0.1, 0.15) is 28.3 Å². The second-order valence-corrected chi connectivity index (χ2v) is 6.02. The standard InChI is InChI=1S/C19H20N4O4/c1-27-15-6-2-5-13-14(10-16(24)23-17(13)15)19(26)22-9-8-21-18(25)12-4-3-7-20-11-12/h2-7,11,14H,8-10H2,1H3,(H,21,25)(H,22,26)(H,23,24). The van der Waals surface area contributed by atoms with Crippen LogP contribution in [0.4, 0.5) is 5.69 Å². The molecule has 0 bridgehead atoms. The number of rotatable bonds is 6. The van der Waals surface area contributed by atoms with Crippen LogP contribution >= 0.6 is 0 Å². The molecule has 8 nitrogen and oxygen atoms in total. The molecule has 3 amide bonds. The Balaban J connectivity index is 1.57. The maximum Gasteiger partial charge on any atom is 0.252 e. The molecule has 0 aliphatic carbocycles. The van der Waals surface area contributed by atoms with Gasteiger partial charge in [-0.1, -0.05) is 12.1 Å². The third-order valence-electron chi connectivity index (χ3n) is 4.26. The van der Waals surface area contributed by atoms with Gasteiger partial charge in [-0.25, -0.2) is 0 Å². The van der Waals surface area contributed by atoms with Crippen LogP contribution < -0.4 is 20.7 Å². The maximum atomic E-state index is 12.6. The first-order valence-electron chi connectivity index (χ1n) is 8.53. The van der Waals surface area contributed by atoms with Crippen LogP contribution in [0.5, 0.6) is 5.75 Å². The Labute approximate surface area is 156 Å². The van der Waals surface area contributed by atoms with E-state index in [0.29, 0.717) is 22.6 Å². The Morgan fingerprint density at radius 3 is 2.78 bits per heavy atom. The lowest BCUT2D eigenvalue weighted by atomic mass is 9.89. The SMILES string of the molecule is COc1cccc2c1NC(=O)CC2C(=O)NCCNC(=O)c1cccnc1. The molecule has 1 aliphatic rings. The average molecular weight is 368 g/mol. The monoisotopic (exact) mass is 368 g/mol. The van der Waals surface area contributed by atoms with E-state index in [0.717, 1.165) is 0 Å². The molecule has 0 saturated heterocycles. The number of aromatic nitrogens is 1. The summed E-state index contributed by atoms with van der Waals surface area (Å²) < 4.78 is 5.26. The van der Waals surface area contributed by atoms with Gasteiger partial charge in [0.1, 0.15) is 5.75 Å². The minimum absolute atomic E-state index is 0.0635.